The number of nitrogens with zero attached hydrogens (tertiary/aromatic N) is 1. The Morgan fingerprint density at radius 2 is 1.77 bits per heavy atom. The number of amides is 2. The summed E-state index contributed by atoms with van der Waals surface area (Å²) in [4.78, 5) is 26.1. The van der Waals surface area contributed by atoms with E-state index in [1.807, 2.05) is 49.4 Å². The molecule has 0 unspecified atom stereocenters. The summed E-state index contributed by atoms with van der Waals surface area (Å²) in [5.74, 6) is -0.508. The minimum atomic E-state index is -0.618. The molecule has 1 aliphatic rings. The standard InChI is InChI=1S/C24H18FNO3S/c1-16-9-11-17(12-10-16)15-29-19-6-4-5-18(13-19)14-22-23(27)26(24(28)30-22)21-8-3-2-7-20(21)25/h2-14H,15H2,1H3/b22-14-. The second kappa shape index (κ2) is 8.55. The highest BCUT2D eigenvalue weighted by atomic mass is 32.2. The molecule has 4 nitrogen and oxygen atoms in total. The van der Waals surface area contributed by atoms with Crippen LogP contribution in [0.1, 0.15) is 16.7 Å². The first kappa shape index (κ1) is 19.9. The van der Waals surface area contributed by atoms with E-state index < -0.39 is 17.0 Å². The summed E-state index contributed by atoms with van der Waals surface area (Å²) < 4.78 is 19.9. The van der Waals surface area contributed by atoms with E-state index >= 15 is 0 Å². The van der Waals surface area contributed by atoms with Crippen LogP contribution in [0.15, 0.2) is 77.7 Å². The molecule has 2 amide bonds. The minimum absolute atomic E-state index is 0.0430. The van der Waals surface area contributed by atoms with Crippen LogP contribution in [0.25, 0.3) is 6.08 Å². The van der Waals surface area contributed by atoms with Crippen molar-refractivity contribution in [1.82, 2.24) is 0 Å². The topological polar surface area (TPSA) is 46.6 Å². The van der Waals surface area contributed by atoms with Gasteiger partial charge in [-0.05, 0) is 60.2 Å². The lowest BCUT2D eigenvalue weighted by atomic mass is 10.1. The van der Waals surface area contributed by atoms with Gasteiger partial charge in [-0.2, -0.15) is 0 Å². The predicted octanol–water partition coefficient (Wildman–Crippen LogP) is 5.95. The molecule has 4 rings (SSSR count). The van der Waals surface area contributed by atoms with Gasteiger partial charge in [-0.3, -0.25) is 9.59 Å². The van der Waals surface area contributed by atoms with Crippen molar-refractivity contribution in [2.24, 2.45) is 0 Å². The van der Waals surface area contributed by atoms with Crippen molar-refractivity contribution < 1.29 is 18.7 Å². The smallest absolute Gasteiger partial charge is 0.298 e. The fourth-order valence-corrected chi connectivity index (χ4v) is 3.84. The molecule has 0 saturated carbocycles. The quantitative estimate of drug-likeness (QED) is 0.479. The van der Waals surface area contributed by atoms with Crippen molar-refractivity contribution in [3.05, 3.63) is 100 Å². The van der Waals surface area contributed by atoms with E-state index in [0.717, 1.165) is 27.8 Å². The number of halogens is 1. The number of imide groups is 1. The van der Waals surface area contributed by atoms with Gasteiger partial charge in [-0.25, -0.2) is 9.29 Å². The Kier molecular flexibility index (Phi) is 5.68. The summed E-state index contributed by atoms with van der Waals surface area (Å²) in [6, 6.07) is 21.1. The molecular formula is C24H18FNO3S. The molecule has 30 heavy (non-hydrogen) atoms. The van der Waals surface area contributed by atoms with E-state index in [0.29, 0.717) is 12.4 Å². The lowest BCUT2D eigenvalue weighted by Gasteiger charge is -2.12. The van der Waals surface area contributed by atoms with E-state index in [1.54, 1.807) is 18.2 Å². The Bertz CT molecular complexity index is 1140. The van der Waals surface area contributed by atoms with E-state index in [9.17, 15) is 14.0 Å². The van der Waals surface area contributed by atoms with Gasteiger partial charge in [0.25, 0.3) is 11.1 Å². The fourth-order valence-electron chi connectivity index (χ4n) is 3.00. The van der Waals surface area contributed by atoms with Crippen molar-refractivity contribution >= 4 is 34.7 Å². The second-order valence-corrected chi connectivity index (χ2v) is 7.81. The Balaban J connectivity index is 1.51. The zero-order valence-electron chi connectivity index (χ0n) is 16.2. The Hall–Kier alpha value is -3.38. The number of benzene rings is 3. The largest absolute Gasteiger partial charge is 0.489 e. The molecule has 3 aromatic rings. The summed E-state index contributed by atoms with van der Waals surface area (Å²) in [6.07, 6.45) is 1.62. The van der Waals surface area contributed by atoms with Crippen molar-refractivity contribution in [2.45, 2.75) is 13.5 Å². The summed E-state index contributed by atoms with van der Waals surface area (Å²) in [6.45, 7) is 2.45. The molecule has 0 aromatic heterocycles. The van der Waals surface area contributed by atoms with Crippen LogP contribution in [0.4, 0.5) is 14.9 Å². The molecule has 0 radical (unpaired) electrons. The summed E-state index contributed by atoms with van der Waals surface area (Å²) in [7, 11) is 0. The third kappa shape index (κ3) is 4.28. The first-order valence-electron chi connectivity index (χ1n) is 9.32. The monoisotopic (exact) mass is 419 g/mol. The molecule has 0 aliphatic carbocycles. The molecule has 1 aliphatic heterocycles. The van der Waals surface area contributed by atoms with Crippen LogP contribution >= 0.6 is 11.8 Å². The number of thioether (sulfide) groups is 1. The number of hydrogen-bond donors (Lipinski definition) is 0. The van der Waals surface area contributed by atoms with Gasteiger partial charge in [0, 0.05) is 0 Å². The number of carbonyl (C=O) groups is 2. The molecular weight excluding hydrogens is 401 g/mol. The van der Waals surface area contributed by atoms with Crippen molar-refractivity contribution in [3.63, 3.8) is 0 Å². The first-order chi connectivity index (χ1) is 14.5. The predicted molar refractivity (Wildman–Crippen MR) is 117 cm³/mol. The highest BCUT2D eigenvalue weighted by Gasteiger charge is 2.37. The molecule has 1 heterocycles. The summed E-state index contributed by atoms with van der Waals surface area (Å²) in [5.41, 5.74) is 2.91. The molecule has 0 spiro atoms. The first-order valence-corrected chi connectivity index (χ1v) is 10.1. The van der Waals surface area contributed by atoms with Crippen molar-refractivity contribution in [2.75, 3.05) is 4.90 Å². The van der Waals surface area contributed by atoms with E-state index in [2.05, 4.69) is 0 Å². The zero-order valence-corrected chi connectivity index (χ0v) is 17.0. The Morgan fingerprint density at radius 3 is 2.53 bits per heavy atom. The average molecular weight is 419 g/mol. The van der Waals surface area contributed by atoms with E-state index in [-0.39, 0.29) is 10.6 Å². The summed E-state index contributed by atoms with van der Waals surface area (Å²) >= 11 is 0.789. The number of ether oxygens (including phenoxy) is 1. The van der Waals surface area contributed by atoms with Crippen LogP contribution in [-0.4, -0.2) is 11.1 Å². The number of hydrogen-bond acceptors (Lipinski definition) is 4. The summed E-state index contributed by atoms with van der Waals surface area (Å²) in [5, 5.41) is -0.525. The molecule has 1 saturated heterocycles. The molecule has 0 atom stereocenters. The van der Waals surface area contributed by atoms with E-state index in [4.69, 9.17) is 4.74 Å². The van der Waals surface area contributed by atoms with Gasteiger partial charge in [0.05, 0.1) is 10.6 Å². The van der Waals surface area contributed by atoms with Crippen molar-refractivity contribution in [1.29, 1.82) is 0 Å². The van der Waals surface area contributed by atoms with Crippen LogP contribution in [-0.2, 0) is 11.4 Å². The number of anilines is 1. The van der Waals surface area contributed by atoms with Crippen LogP contribution in [0.5, 0.6) is 5.75 Å². The zero-order chi connectivity index (χ0) is 21.1. The molecule has 150 valence electrons. The minimum Gasteiger partial charge on any atom is -0.489 e. The average Bonchev–Trinajstić information content (AvgIpc) is 3.01. The third-order valence-corrected chi connectivity index (χ3v) is 5.44. The molecule has 3 aromatic carbocycles. The van der Waals surface area contributed by atoms with Gasteiger partial charge in [-0.1, -0.05) is 54.1 Å². The fraction of sp³-hybridized carbons (Fsp3) is 0.0833. The van der Waals surface area contributed by atoms with E-state index in [1.165, 1.54) is 23.8 Å². The molecule has 1 fully saturated rings. The lowest BCUT2D eigenvalue weighted by molar-refractivity contribution is -0.113. The van der Waals surface area contributed by atoms with Gasteiger partial charge in [0.1, 0.15) is 18.2 Å². The molecule has 0 bridgehead atoms. The SMILES string of the molecule is Cc1ccc(COc2cccc(/C=C3\SC(=O)N(c4ccccc4F)C3=O)c2)cc1. The van der Waals surface area contributed by atoms with Gasteiger partial charge >= 0.3 is 0 Å². The highest BCUT2D eigenvalue weighted by molar-refractivity contribution is 8.19. The molecule has 6 heteroatoms. The maximum atomic E-state index is 14.1. The maximum Gasteiger partial charge on any atom is 0.298 e. The normalized spacial score (nSPS) is 15.1. The van der Waals surface area contributed by atoms with Crippen LogP contribution in [0.3, 0.4) is 0 Å². The van der Waals surface area contributed by atoms with Crippen LogP contribution in [0.2, 0.25) is 0 Å². The van der Waals surface area contributed by atoms with Gasteiger partial charge < -0.3 is 4.74 Å². The van der Waals surface area contributed by atoms with Gasteiger partial charge in [-0.15, -0.1) is 0 Å². The molecule has 0 N–H and O–H groups in total. The number of aryl methyl sites for hydroxylation is 1. The third-order valence-electron chi connectivity index (χ3n) is 4.57. The number of rotatable bonds is 5. The highest BCUT2D eigenvalue weighted by Crippen LogP contribution is 2.36. The van der Waals surface area contributed by atoms with Gasteiger partial charge in [0.15, 0.2) is 0 Å². The van der Waals surface area contributed by atoms with Crippen molar-refractivity contribution in [3.8, 4) is 5.75 Å². The second-order valence-electron chi connectivity index (χ2n) is 6.82. The Morgan fingerprint density at radius 1 is 1.00 bits per heavy atom. The van der Waals surface area contributed by atoms with Crippen LogP contribution < -0.4 is 9.64 Å². The van der Waals surface area contributed by atoms with Crippen LogP contribution in [0, 0.1) is 12.7 Å². The maximum absolute atomic E-state index is 14.1. The number of carbonyl (C=O) groups excluding carboxylic acids is 2. The Labute approximate surface area is 178 Å². The number of para-hydroxylation sites is 1. The van der Waals surface area contributed by atoms with Gasteiger partial charge in [0.2, 0.25) is 0 Å². The lowest BCUT2D eigenvalue weighted by Crippen LogP contribution is -2.28.